The normalized spacial score (nSPS) is 12.8. The van der Waals surface area contributed by atoms with Crippen molar-refractivity contribution in [2.75, 3.05) is 13.2 Å². The van der Waals surface area contributed by atoms with E-state index in [-0.39, 0.29) is 18.5 Å². The van der Waals surface area contributed by atoms with Crippen LogP contribution in [0.1, 0.15) is 450 Å². The first-order valence-corrected chi connectivity index (χ1v) is 41.6. The van der Waals surface area contributed by atoms with Gasteiger partial charge in [0.2, 0.25) is 5.91 Å². The van der Waals surface area contributed by atoms with Gasteiger partial charge in [-0.25, -0.2) is 0 Å². The van der Waals surface area contributed by atoms with Gasteiger partial charge in [-0.05, 0) is 96.3 Å². The van der Waals surface area contributed by atoms with Gasteiger partial charge in [-0.3, -0.25) is 9.59 Å². The predicted molar refractivity (Wildman–Crippen MR) is 407 cm³/mol. The zero-order valence-electron chi connectivity index (χ0n) is 62.0. The van der Waals surface area contributed by atoms with Gasteiger partial charge in [-0.2, -0.15) is 0 Å². The molecule has 3 N–H and O–H groups in total. The van der Waals surface area contributed by atoms with Crippen LogP contribution >= 0.6 is 0 Å². The zero-order chi connectivity index (χ0) is 66.3. The summed E-state index contributed by atoms with van der Waals surface area (Å²) < 4.78 is 5.50. The molecular formula is C86H161NO5. The highest BCUT2D eigenvalue weighted by molar-refractivity contribution is 5.76. The number of allylic oxidation sites excluding steroid dienone is 9. The van der Waals surface area contributed by atoms with Crippen LogP contribution in [-0.4, -0.2) is 47.4 Å². The number of esters is 1. The molecule has 6 nitrogen and oxygen atoms in total. The van der Waals surface area contributed by atoms with Gasteiger partial charge in [0.25, 0.3) is 0 Å². The van der Waals surface area contributed by atoms with E-state index in [0.29, 0.717) is 19.4 Å². The molecule has 0 aromatic heterocycles. The third kappa shape index (κ3) is 76.6. The lowest BCUT2D eigenvalue weighted by molar-refractivity contribution is -0.143. The van der Waals surface area contributed by atoms with Crippen molar-refractivity contribution in [1.29, 1.82) is 0 Å². The van der Waals surface area contributed by atoms with Crippen LogP contribution in [0.2, 0.25) is 0 Å². The predicted octanol–water partition coefficient (Wildman–Crippen LogP) is 27.7. The number of unbranched alkanes of at least 4 members (excludes halogenated alkanes) is 59. The summed E-state index contributed by atoms with van der Waals surface area (Å²) in [6.07, 6.45) is 109. The first-order chi connectivity index (χ1) is 45.5. The van der Waals surface area contributed by atoms with Crippen LogP contribution in [0.5, 0.6) is 0 Å². The van der Waals surface area contributed by atoms with E-state index in [1.165, 1.54) is 366 Å². The Hall–Kier alpha value is -2.44. The van der Waals surface area contributed by atoms with Crippen molar-refractivity contribution in [2.24, 2.45) is 0 Å². The number of rotatable bonds is 78. The average Bonchev–Trinajstić information content (AvgIpc) is 3.61. The molecule has 6 heteroatoms. The second-order valence-corrected chi connectivity index (χ2v) is 28.4. The third-order valence-corrected chi connectivity index (χ3v) is 19.3. The Morgan fingerprint density at radius 1 is 0.304 bits per heavy atom. The Labute approximate surface area is 575 Å². The molecule has 0 spiro atoms. The van der Waals surface area contributed by atoms with Gasteiger partial charge in [0.05, 0.1) is 25.4 Å². The Kier molecular flexibility index (Phi) is 78.8. The molecule has 0 aliphatic carbocycles. The standard InChI is InChI=1S/C86H161NO5/c1-3-5-7-9-11-13-15-17-19-21-22-23-24-34-37-40-43-47-50-54-58-62-66-70-74-78-84(89)83(82-88)87-85(90)79-75-71-67-63-59-55-51-48-44-41-38-35-32-30-28-26-25-27-29-31-33-36-39-42-45-49-53-57-61-65-69-73-77-81-92-86(91)80-76-72-68-64-60-56-52-46-20-18-16-14-12-10-8-6-4-2/h12,14,18,20,29,31,36,39,74,78,83-84,88-89H,3-11,13,15-17,19,21-28,30,32-35,37-38,40-73,75-77,79-82H2,1-2H3,(H,87,90)/b14-12-,20-18-,31-29-,39-36-,78-74+. The molecule has 0 aliphatic heterocycles. The van der Waals surface area contributed by atoms with Crippen molar-refractivity contribution in [3.63, 3.8) is 0 Å². The highest BCUT2D eigenvalue weighted by atomic mass is 16.5. The maximum atomic E-state index is 12.6. The van der Waals surface area contributed by atoms with Crippen LogP contribution in [0, 0.1) is 0 Å². The first kappa shape index (κ1) is 89.6. The van der Waals surface area contributed by atoms with E-state index >= 15 is 0 Å². The van der Waals surface area contributed by atoms with E-state index in [1.807, 2.05) is 6.08 Å². The van der Waals surface area contributed by atoms with E-state index in [9.17, 15) is 19.8 Å². The third-order valence-electron chi connectivity index (χ3n) is 19.3. The van der Waals surface area contributed by atoms with Crippen LogP contribution < -0.4 is 5.32 Å². The second kappa shape index (κ2) is 81.0. The molecule has 1 amide bonds. The molecule has 0 saturated carbocycles. The lowest BCUT2D eigenvalue weighted by Gasteiger charge is -2.20. The van der Waals surface area contributed by atoms with Crippen molar-refractivity contribution in [3.8, 4) is 0 Å². The van der Waals surface area contributed by atoms with Crippen molar-refractivity contribution in [3.05, 3.63) is 60.8 Å². The molecule has 0 aliphatic rings. The monoisotopic (exact) mass is 1290 g/mol. The van der Waals surface area contributed by atoms with Gasteiger partial charge in [-0.1, -0.05) is 402 Å². The molecule has 0 bridgehead atoms. The first-order valence-electron chi connectivity index (χ1n) is 41.6. The Morgan fingerprint density at radius 3 is 0.848 bits per heavy atom. The number of nitrogens with one attached hydrogen (secondary N) is 1. The maximum Gasteiger partial charge on any atom is 0.305 e. The van der Waals surface area contributed by atoms with Crippen molar-refractivity contribution in [2.45, 2.75) is 463 Å². The lowest BCUT2D eigenvalue weighted by atomic mass is 10.0. The quantitative estimate of drug-likeness (QED) is 0.0320. The number of hydrogen-bond donors (Lipinski definition) is 3. The van der Waals surface area contributed by atoms with Crippen LogP contribution in [-0.2, 0) is 14.3 Å². The number of ether oxygens (including phenoxy) is 1. The molecule has 0 fully saturated rings. The molecule has 92 heavy (non-hydrogen) atoms. The van der Waals surface area contributed by atoms with Gasteiger partial charge in [-0.15, -0.1) is 0 Å². The molecule has 0 saturated heterocycles. The van der Waals surface area contributed by atoms with E-state index in [2.05, 4.69) is 67.8 Å². The van der Waals surface area contributed by atoms with E-state index in [4.69, 9.17) is 4.74 Å². The van der Waals surface area contributed by atoms with Crippen LogP contribution in [0.25, 0.3) is 0 Å². The van der Waals surface area contributed by atoms with Crippen molar-refractivity contribution in [1.82, 2.24) is 5.32 Å². The second-order valence-electron chi connectivity index (χ2n) is 28.4. The highest BCUT2D eigenvalue weighted by Crippen LogP contribution is 2.20. The van der Waals surface area contributed by atoms with Gasteiger partial charge >= 0.3 is 5.97 Å². The Bertz CT molecular complexity index is 1580. The van der Waals surface area contributed by atoms with Gasteiger partial charge in [0, 0.05) is 12.8 Å². The molecular weight excluding hydrogens is 1130 g/mol. The number of carbonyl (C=O) groups is 2. The fraction of sp³-hybridized carbons (Fsp3) is 0.860. The number of carbonyl (C=O) groups excluding carboxylic acids is 2. The van der Waals surface area contributed by atoms with E-state index < -0.39 is 12.1 Å². The van der Waals surface area contributed by atoms with Crippen LogP contribution in [0.3, 0.4) is 0 Å². The minimum atomic E-state index is -0.846. The largest absolute Gasteiger partial charge is 0.466 e. The van der Waals surface area contributed by atoms with Crippen LogP contribution in [0.4, 0.5) is 0 Å². The fourth-order valence-electron chi connectivity index (χ4n) is 12.9. The summed E-state index contributed by atoms with van der Waals surface area (Å²) >= 11 is 0. The molecule has 0 radical (unpaired) electrons. The minimum Gasteiger partial charge on any atom is -0.466 e. The average molecular weight is 1290 g/mol. The zero-order valence-corrected chi connectivity index (χ0v) is 62.0. The molecule has 2 unspecified atom stereocenters. The summed E-state index contributed by atoms with van der Waals surface area (Å²) in [4.78, 5) is 24.7. The Balaban J connectivity index is 3.41. The summed E-state index contributed by atoms with van der Waals surface area (Å²) in [6, 6.07) is -0.629. The van der Waals surface area contributed by atoms with E-state index in [0.717, 1.165) is 57.8 Å². The van der Waals surface area contributed by atoms with Gasteiger partial charge < -0.3 is 20.3 Å². The molecule has 2 atom stereocenters. The molecule has 0 heterocycles. The molecule has 0 aromatic rings. The van der Waals surface area contributed by atoms with Crippen molar-refractivity contribution >= 4 is 11.9 Å². The Morgan fingerprint density at radius 2 is 0.543 bits per heavy atom. The summed E-state index contributed by atoms with van der Waals surface area (Å²) in [6.45, 7) is 4.92. The lowest BCUT2D eigenvalue weighted by Crippen LogP contribution is -2.45. The topological polar surface area (TPSA) is 95.9 Å². The SMILES string of the molecule is CCCCC/C=C\C/C=C\CCCCCCCCCC(=O)OCCCCCCCCCCC/C=C\C/C=C\CCCCCCCCCCCCCCCCCCCC(=O)NC(CO)C(O)/C=C/CCCCCCCCCCCCCCCCCCCCCCCCC. The van der Waals surface area contributed by atoms with E-state index in [1.54, 1.807) is 6.08 Å². The number of aliphatic hydroxyl groups excluding tert-OH is 2. The minimum absolute atomic E-state index is 0.00652. The smallest absolute Gasteiger partial charge is 0.305 e. The summed E-state index contributed by atoms with van der Waals surface area (Å²) in [5.74, 6) is -0.0550. The summed E-state index contributed by atoms with van der Waals surface area (Å²) in [7, 11) is 0. The van der Waals surface area contributed by atoms with Gasteiger partial charge in [0.1, 0.15) is 0 Å². The highest BCUT2D eigenvalue weighted by Gasteiger charge is 2.18. The maximum absolute atomic E-state index is 12.6. The number of aliphatic hydroxyl groups is 2. The number of hydrogen-bond acceptors (Lipinski definition) is 5. The molecule has 0 rings (SSSR count). The number of amides is 1. The molecule has 540 valence electrons. The molecule has 0 aromatic carbocycles. The van der Waals surface area contributed by atoms with Crippen molar-refractivity contribution < 1.29 is 24.5 Å². The van der Waals surface area contributed by atoms with Gasteiger partial charge in [0.15, 0.2) is 0 Å². The van der Waals surface area contributed by atoms with Crippen LogP contribution in [0.15, 0.2) is 60.8 Å². The summed E-state index contributed by atoms with van der Waals surface area (Å²) in [5.41, 5.74) is 0. The fourth-order valence-corrected chi connectivity index (χ4v) is 12.9. The summed E-state index contributed by atoms with van der Waals surface area (Å²) in [5, 5.41) is 23.3.